The number of benzene rings is 2. The molecule has 0 unspecified atom stereocenters. The first-order chi connectivity index (χ1) is 8.97. The van der Waals surface area contributed by atoms with Gasteiger partial charge in [0, 0.05) is 17.2 Å². The molecular weight excluding hydrogens is 292 g/mol. The lowest BCUT2D eigenvalue weighted by Gasteiger charge is -2.11. The maximum absolute atomic E-state index is 13.5. The third kappa shape index (κ3) is 3.19. The van der Waals surface area contributed by atoms with Crippen LogP contribution in [0.15, 0.2) is 36.4 Å². The molecule has 0 saturated carbocycles. The maximum atomic E-state index is 13.5. The summed E-state index contributed by atoms with van der Waals surface area (Å²) in [6.45, 7) is 0. The van der Waals surface area contributed by atoms with Gasteiger partial charge in [-0.25, -0.2) is 8.78 Å². The molecule has 0 spiro atoms. The largest absolute Gasteiger partial charge is 0.453 e. The van der Waals surface area contributed by atoms with E-state index in [0.29, 0.717) is 10.6 Å². The second-order valence-corrected chi connectivity index (χ2v) is 4.56. The Morgan fingerprint density at radius 2 is 1.84 bits per heavy atom. The summed E-state index contributed by atoms with van der Waals surface area (Å²) in [6.07, 6.45) is 0. The van der Waals surface area contributed by atoms with Gasteiger partial charge in [-0.1, -0.05) is 23.8 Å². The van der Waals surface area contributed by atoms with Gasteiger partial charge in [0.1, 0.15) is 16.6 Å². The molecule has 2 N–H and O–H groups in total. The van der Waals surface area contributed by atoms with Crippen LogP contribution in [0.25, 0.3) is 0 Å². The van der Waals surface area contributed by atoms with Gasteiger partial charge >= 0.3 is 0 Å². The van der Waals surface area contributed by atoms with E-state index in [0.717, 1.165) is 12.1 Å². The molecule has 0 aliphatic heterocycles. The molecular formula is C13H8ClF2NOS. The van der Waals surface area contributed by atoms with Crippen LogP contribution in [0.4, 0.5) is 8.78 Å². The summed E-state index contributed by atoms with van der Waals surface area (Å²) in [5, 5.41) is 0.387. The minimum Gasteiger partial charge on any atom is -0.453 e. The molecule has 2 rings (SSSR count). The van der Waals surface area contributed by atoms with Crippen molar-refractivity contribution in [3.63, 3.8) is 0 Å². The summed E-state index contributed by atoms with van der Waals surface area (Å²) < 4.78 is 31.7. The lowest BCUT2D eigenvalue weighted by Crippen LogP contribution is -2.10. The second-order valence-electron chi connectivity index (χ2n) is 3.68. The Labute approximate surface area is 118 Å². The number of rotatable bonds is 3. The highest BCUT2D eigenvalue weighted by molar-refractivity contribution is 7.80. The summed E-state index contributed by atoms with van der Waals surface area (Å²) in [6, 6.07) is 7.60. The molecule has 0 bridgehead atoms. The van der Waals surface area contributed by atoms with Crippen molar-refractivity contribution in [3.8, 4) is 11.5 Å². The van der Waals surface area contributed by atoms with Gasteiger partial charge in [-0.2, -0.15) is 0 Å². The fourth-order valence-electron chi connectivity index (χ4n) is 1.46. The summed E-state index contributed by atoms with van der Waals surface area (Å²) >= 11 is 10.7. The molecule has 0 aliphatic carbocycles. The number of halogens is 3. The second kappa shape index (κ2) is 5.50. The van der Waals surface area contributed by atoms with E-state index in [9.17, 15) is 8.78 Å². The fraction of sp³-hybridized carbons (Fsp3) is 0. The van der Waals surface area contributed by atoms with Gasteiger partial charge in [-0.15, -0.1) is 0 Å². The van der Waals surface area contributed by atoms with Crippen LogP contribution in [0.2, 0.25) is 5.02 Å². The molecule has 2 aromatic carbocycles. The minimum atomic E-state index is -0.825. The standard InChI is InChI=1S/C13H8ClF2NOS/c14-7-1-3-9(13(17)19)12(5-7)18-11-4-2-8(15)6-10(11)16/h1-6H,(H2,17,19). The van der Waals surface area contributed by atoms with Gasteiger partial charge in [0.2, 0.25) is 0 Å². The van der Waals surface area contributed by atoms with E-state index in [1.54, 1.807) is 12.1 Å². The predicted octanol–water partition coefficient (Wildman–Crippen LogP) is 4.04. The summed E-state index contributed by atoms with van der Waals surface area (Å²) in [7, 11) is 0. The first-order valence-corrected chi connectivity index (χ1v) is 5.98. The Kier molecular flexibility index (Phi) is 3.97. The van der Waals surface area contributed by atoms with Crippen LogP contribution >= 0.6 is 23.8 Å². The van der Waals surface area contributed by atoms with Crippen molar-refractivity contribution in [2.24, 2.45) is 5.73 Å². The van der Waals surface area contributed by atoms with Gasteiger partial charge in [0.15, 0.2) is 11.6 Å². The SMILES string of the molecule is NC(=S)c1ccc(Cl)cc1Oc1ccc(F)cc1F. The van der Waals surface area contributed by atoms with Gasteiger partial charge in [0.25, 0.3) is 0 Å². The van der Waals surface area contributed by atoms with Crippen LogP contribution in [-0.2, 0) is 0 Å². The third-order valence-corrected chi connectivity index (χ3v) is 2.78. The molecule has 19 heavy (non-hydrogen) atoms. The van der Waals surface area contributed by atoms with E-state index in [2.05, 4.69) is 0 Å². The van der Waals surface area contributed by atoms with Crippen LogP contribution in [-0.4, -0.2) is 4.99 Å². The zero-order valence-corrected chi connectivity index (χ0v) is 11.1. The Bertz CT molecular complexity index is 649. The number of hydrogen-bond donors (Lipinski definition) is 1. The van der Waals surface area contributed by atoms with Crippen molar-refractivity contribution >= 4 is 28.8 Å². The third-order valence-electron chi connectivity index (χ3n) is 2.32. The summed E-state index contributed by atoms with van der Waals surface area (Å²) in [5.74, 6) is -1.44. The van der Waals surface area contributed by atoms with E-state index in [1.165, 1.54) is 12.1 Å². The summed E-state index contributed by atoms with van der Waals surface area (Å²) in [4.78, 5) is 0.0918. The average Bonchev–Trinajstić information content (AvgIpc) is 2.32. The molecule has 2 aromatic rings. The van der Waals surface area contributed by atoms with Crippen LogP contribution in [0.3, 0.4) is 0 Å². The first kappa shape index (κ1) is 13.7. The van der Waals surface area contributed by atoms with Crippen molar-refractivity contribution < 1.29 is 13.5 Å². The molecule has 0 atom stereocenters. The van der Waals surface area contributed by atoms with Crippen molar-refractivity contribution in [2.45, 2.75) is 0 Å². The Morgan fingerprint density at radius 3 is 2.47 bits per heavy atom. The van der Waals surface area contributed by atoms with Gasteiger partial charge in [0.05, 0.1) is 5.56 Å². The molecule has 2 nitrogen and oxygen atoms in total. The minimum absolute atomic E-state index is 0.0918. The number of ether oxygens (including phenoxy) is 1. The van der Waals surface area contributed by atoms with Crippen LogP contribution in [0.1, 0.15) is 5.56 Å². The highest BCUT2D eigenvalue weighted by Gasteiger charge is 2.11. The van der Waals surface area contributed by atoms with Crippen molar-refractivity contribution in [3.05, 3.63) is 58.6 Å². The Balaban J connectivity index is 2.42. The normalized spacial score (nSPS) is 10.3. The van der Waals surface area contributed by atoms with Crippen molar-refractivity contribution in [2.75, 3.05) is 0 Å². The van der Waals surface area contributed by atoms with E-state index in [4.69, 9.17) is 34.3 Å². The Hall–Kier alpha value is -1.72. The van der Waals surface area contributed by atoms with E-state index in [-0.39, 0.29) is 16.5 Å². The van der Waals surface area contributed by atoms with E-state index >= 15 is 0 Å². The van der Waals surface area contributed by atoms with Crippen LogP contribution < -0.4 is 10.5 Å². The van der Waals surface area contributed by atoms with Crippen LogP contribution in [0, 0.1) is 11.6 Å². The van der Waals surface area contributed by atoms with Crippen molar-refractivity contribution in [1.29, 1.82) is 0 Å². The van der Waals surface area contributed by atoms with Gasteiger partial charge < -0.3 is 10.5 Å². The molecule has 0 aromatic heterocycles. The number of nitrogens with two attached hydrogens (primary N) is 1. The Morgan fingerprint density at radius 1 is 1.11 bits per heavy atom. The lowest BCUT2D eigenvalue weighted by atomic mass is 10.2. The predicted molar refractivity (Wildman–Crippen MR) is 73.8 cm³/mol. The molecule has 0 aliphatic rings. The fourth-order valence-corrected chi connectivity index (χ4v) is 1.79. The highest BCUT2D eigenvalue weighted by atomic mass is 35.5. The summed E-state index contributed by atoms with van der Waals surface area (Å²) in [5.41, 5.74) is 5.95. The van der Waals surface area contributed by atoms with Gasteiger partial charge in [-0.3, -0.25) is 0 Å². The van der Waals surface area contributed by atoms with Crippen molar-refractivity contribution in [1.82, 2.24) is 0 Å². The molecule has 0 saturated heterocycles. The van der Waals surface area contributed by atoms with Gasteiger partial charge in [-0.05, 0) is 24.3 Å². The number of hydrogen-bond acceptors (Lipinski definition) is 2. The smallest absolute Gasteiger partial charge is 0.168 e. The molecule has 98 valence electrons. The lowest BCUT2D eigenvalue weighted by molar-refractivity contribution is 0.437. The average molecular weight is 300 g/mol. The molecule has 0 fully saturated rings. The van der Waals surface area contributed by atoms with Crippen LogP contribution in [0.5, 0.6) is 11.5 Å². The zero-order chi connectivity index (χ0) is 14.0. The monoisotopic (exact) mass is 299 g/mol. The highest BCUT2D eigenvalue weighted by Crippen LogP contribution is 2.30. The topological polar surface area (TPSA) is 35.2 Å². The number of thiocarbonyl (C=S) groups is 1. The molecule has 6 heteroatoms. The molecule has 0 radical (unpaired) electrons. The molecule has 0 amide bonds. The van der Waals surface area contributed by atoms with E-state index in [1.807, 2.05) is 0 Å². The molecule has 0 heterocycles. The quantitative estimate of drug-likeness (QED) is 0.869. The maximum Gasteiger partial charge on any atom is 0.168 e. The van der Waals surface area contributed by atoms with E-state index < -0.39 is 11.6 Å². The first-order valence-electron chi connectivity index (χ1n) is 5.19. The zero-order valence-electron chi connectivity index (χ0n) is 9.49.